The fourth-order valence-corrected chi connectivity index (χ4v) is 4.10. The molecule has 2 aliphatic rings. The molecule has 2 N–H and O–H groups in total. The molecule has 3 rings (SSSR count). The van der Waals surface area contributed by atoms with Gasteiger partial charge in [0, 0.05) is 39.6 Å². The van der Waals surface area contributed by atoms with Crippen molar-refractivity contribution in [1.29, 1.82) is 5.26 Å². The number of aliphatic hydroxyl groups is 1. The van der Waals surface area contributed by atoms with Gasteiger partial charge in [0.15, 0.2) is 0 Å². The maximum absolute atomic E-state index is 12.1. The lowest BCUT2D eigenvalue weighted by molar-refractivity contribution is -0.118. The Hall–Kier alpha value is -2.63. The number of nitrogens with one attached hydrogen (secondary N) is 1. The Morgan fingerprint density at radius 2 is 1.89 bits per heavy atom. The van der Waals surface area contributed by atoms with Gasteiger partial charge >= 0.3 is 6.03 Å². The quantitative estimate of drug-likeness (QED) is 0.776. The van der Waals surface area contributed by atoms with Gasteiger partial charge in [-0.1, -0.05) is 0 Å². The van der Waals surface area contributed by atoms with Crippen LogP contribution in [-0.4, -0.2) is 72.3 Å². The second-order valence-electron chi connectivity index (χ2n) is 7.68. The molecule has 2 fully saturated rings. The molecule has 2 bridgehead atoms. The average Bonchev–Trinajstić information content (AvgIpc) is 2.65. The normalized spacial score (nSPS) is 22.8. The van der Waals surface area contributed by atoms with Crippen molar-refractivity contribution in [3.05, 3.63) is 29.8 Å². The zero-order valence-electron chi connectivity index (χ0n) is 16.0. The molecule has 0 saturated carbocycles. The maximum Gasteiger partial charge on any atom is 0.324 e. The lowest BCUT2D eigenvalue weighted by atomic mass is 9.84. The van der Waals surface area contributed by atoms with Gasteiger partial charge in [-0.3, -0.25) is 15.0 Å². The molecule has 0 aromatic heterocycles. The minimum Gasteiger partial charge on any atom is -0.491 e. The minimum absolute atomic E-state index is 0.185. The van der Waals surface area contributed by atoms with E-state index < -0.39 is 6.10 Å². The van der Waals surface area contributed by atoms with E-state index in [1.165, 1.54) is 6.92 Å². The van der Waals surface area contributed by atoms with Gasteiger partial charge in [-0.25, -0.2) is 4.79 Å². The maximum atomic E-state index is 12.1. The number of β-amino-alcohol motifs (C(OH)–C–C–N with tert-alkyl or cyclic N) is 1. The second-order valence-corrected chi connectivity index (χ2v) is 7.68. The Morgan fingerprint density at radius 3 is 2.46 bits per heavy atom. The van der Waals surface area contributed by atoms with Crippen LogP contribution in [0.5, 0.6) is 5.75 Å². The Bertz CT molecular complexity index is 732. The van der Waals surface area contributed by atoms with Crippen LogP contribution in [0.1, 0.15) is 18.9 Å². The van der Waals surface area contributed by atoms with Gasteiger partial charge in [-0.15, -0.1) is 0 Å². The van der Waals surface area contributed by atoms with Gasteiger partial charge in [0.05, 0.1) is 11.6 Å². The first-order valence-electron chi connectivity index (χ1n) is 9.52. The molecular weight excluding hydrogens is 360 g/mol. The Balaban J connectivity index is 1.44. The molecule has 0 spiro atoms. The van der Waals surface area contributed by atoms with Crippen molar-refractivity contribution in [2.75, 3.05) is 39.3 Å². The van der Waals surface area contributed by atoms with Crippen LogP contribution in [0.4, 0.5) is 4.79 Å². The van der Waals surface area contributed by atoms with E-state index in [1.54, 1.807) is 29.2 Å². The predicted molar refractivity (Wildman–Crippen MR) is 101 cm³/mol. The van der Waals surface area contributed by atoms with E-state index in [0.717, 1.165) is 19.5 Å². The number of carbonyl (C=O) groups is 2. The van der Waals surface area contributed by atoms with E-state index in [-0.39, 0.29) is 18.5 Å². The Morgan fingerprint density at radius 1 is 1.25 bits per heavy atom. The highest BCUT2D eigenvalue weighted by molar-refractivity contribution is 5.93. The number of rotatable bonds is 5. The van der Waals surface area contributed by atoms with Gasteiger partial charge in [-0.2, -0.15) is 5.26 Å². The third kappa shape index (κ3) is 5.44. The second kappa shape index (κ2) is 9.04. The number of hydrogen-bond acceptors (Lipinski definition) is 6. The van der Waals surface area contributed by atoms with Crippen molar-refractivity contribution in [3.63, 3.8) is 0 Å². The number of nitrogens with zero attached hydrogens (tertiary/aromatic N) is 3. The summed E-state index contributed by atoms with van der Waals surface area (Å²) in [4.78, 5) is 27.1. The summed E-state index contributed by atoms with van der Waals surface area (Å²) in [6, 6.07) is 8.54. The number of aliphatic hydroxyl groups excluding tert-OH is 1. The molecule has 1 aromatic carbocycles. The Kier molecular flexibility index (Phi) is 6.49. The van der Waals surface area contributed by atoms with Crippen LogP contribution in [0.2, 0.25) is 0 Å². The SMILES string of the molecule is CC(=O)NC(=O)N1CC2CC(CN(C[C@H](O)COc3ccc(C#N)cc3)C2)C1. The molecule has 28 heavy (non-hydrogen) atoms. The molecule has 2 aliphatic heterocycles. The van der Waals surface area contributed by atoms with Crippen molar-refractivity contribution in [1.82, 2.24) is 15.1 Å². The highest BCUT2D eigenvalue weighted by Crippen LogP contribution is 2.28. The average molecular weight is 386 g/mol. The summed E-state index contributed by atoms with van der Waals surface area (Å²) < 4.78 is 5.61. The highest BCUT2D eigenvalue weighted by atomic mass is 16.5. The van der Waals surface area contributed by atoms with Crippen LogP contribution in [0.25, 0.3) is 0 Å². The van der Waals surface area contributed by atoms with Gasteiger partial charge in [0.1, 0.15) is 18.5 Å². The van der Waals surface area contributed by atoms with Crippen molar-refractivity contribution in [2.45, 2.75) is 19.4 Å². The molecule has 2 saturated heterocycles. The van der Waals surface area contributed by atoms with E-state index in [0.29, 0.717) is 42.8 Å². The third-order valence-electron chi connectivity index (χ3n) is 5.12. The van der Waals surface area contributed by atoms with Crippen LogP contribution < -0.4 is 10.1 Å². The largest absolute Gasteiger partial charge is 0.491 e. The summed E-state index contributed by atoms with van der Waals surface area (Å²) in [5.74, 6) is 0.974. The lowest BCUT2D eigenvalue weighted by Crippen LogP contribution is -2.57. The summed E-state index contributed by atoms with van der Waals surface area (Å²) >= 11 is 0. The van der Waals surface area contributed by atoms with Gasteiger partial charge < -0.3 is 14.7 Å². The first-order chi connectivity index (χ1) is 13.4. The van der Waals surface area contributed by atoms with E-state index in [1.807, 2.05) is 0 Å². The molecule has 3 amide bonds. The van der Waals surface area contributed by atoms with E-state index in [2.05, 4.69) is 16.3 Å². The summed E-state index contributed by atoms with van der Waals surface area (Å²) in [6.07, 6.45) is 0.449. The first kappa shape index (κ1) is 20.1. The van der Waals surface area contributed by atoms with Crippen molar-refractivity contribution < 1.29 is 19.4 Å². The number of hydrogen-bond donors (Lipinski definition) is 2. The monoisotopic (exact) mass is 386 g/mol. The number of nitriles is 1. The molecule has 150 valence electrons. The number of likely N-dealkylation sites (tertiary alicyclic amines) is 2. The van der Waals surface area contributed by atoms with Gasteiger partial charge in [0.2, 0.25) is 5.91 Å². The molecule has 1 aromatic rings. The molecule has 8 heteroatoms. The van der Waals surface area contributed by atoms with Crippen LogP contribution in [-0.2, 0) is 4.79 Å². The molecule has 8 nitrogen and oxygen atoms in total. The van der Waals surface area contributed by atoms with Crippen molar-refractivity contribution >= 4 is 11.9 Å². The molecule has 3 atom stereocenters. The zero-order valence-corrected chi connectivity index (χ0v) is 16.0. The fraction of sp³-hybridized carbons (Fsp3) is 0.550. The lowest BCUT2D eigenvalue weighted by Gasteiger charge is -2.46. The van der Waals surface area contributed by atoms with Crippen LogP contribution in [0.15, 0.2) is 24.3 Å². The van der Waals surface area contributed by atoms with Crippen molar-refractivity contribution in [2.24, 2.45) is 11.8 Å². The van der Waals surface area contributed by atoms with Crippen LogP contribution in [0.3, 0.4) is 0 Å². The molecule has 2 heterocycles. The standard InChI is InChI=1S/C20H26N4O4/c1-14(25)22-20(27)24-10-16-6-17(11-24)9-23(8-16)12-18(26)13-28-19-4-2-15(7-21)3-5-19/h2-5,16-18,26H,6,8-13H2,1H3,(H,22,25,27)/t16?,17?,18-/m0/s1. The van der Waals surface area contributed by atoms with Crippen molar-refractivity contribution in [3.8, 4) is 11.8 Å². The third-order valence-corrected chi connectivity index (χ3v) is 5.12. The predicted octanol–water partition coefficient (Wildman–Crippen LogP) is 0.808. The highest BCUT2D eigenvalue weighted by Gasteiger charge is 2.36. The summed E-state index contributed by atoms with van der Waals surface area (Å²) in [6.45, 7) is 4.93. The topological polar surface area (TPSA) is 106 Å². The zero-order chi connectivity index (χ0) is 20.1. The Labute approximate surface area is 164 Å². The number of imide groups is 1. The van der Waals surface area contributed by atoms with E-state index >= 15 is 0 Å². The van der Waals surface area contributed by atoms with Gasteiger partial charge in [-0.05, 0) is 42.5 Å². The number of amides is 3. The van der Waals surface area contributed by atoms with Crippen LogP contribution >= 0.6 is 0 Å². The van der Waals surface area contributed by atoms with Gasteiger partial charge in [0.25, 0.3) is 0 Å². The molecular formula is C20H26N4O4. The smallest absolute Gasteiger partial charge is 0.324 e. The molecule has 0 radical (unpaired) electrons. The van der Waals surface area contributed by atoms with E-state index in [9.17, 15) is 14.7 Å². The number of benzene rings is 1. The number of carbonyl (C=O) groups excluding carboxylic acids is 2. The van der Waals surface area contributed by atoms with Crippen LogP contribution in [0, 0.1) is 23.2 Å². The number of urea groups is 1. The summed E-state index contributed by atoms with van der Waals surface area (Å²) in [5.41, 5.74) is 0.568. The minimum atomic E-state index is -0.619. The summed E-state index contributed by atoms with van der Waals surface area (Å²) in [7, 11) is 0. The van der Waals surface area contributed by atoms with E-state index in [4.69, 9.17) is 10.00 Å². The fourth-order valence-electron chi connectivity index (χ4n) is 4.10. The molecule has 2 unspecified atom stereocenters. The number of ether oxygens (including phenoxy) is 1. The number of piperidine rings is 2. The summed E-state index contributed by atoms with van der Waals surface area (Å²) in [5, 5.41) is 21.5. The number of fused-ring (bicyclic) bond motifs is 2. The first-order valence-corrected chi connectivity index (χ1v) is 9.52. The molecule has 0 aliphatic carbocycles.